The standard InChI is InChI=1S/C29H42N4O5S/c1-17-24(39-16-31-17)20-10-8-19(9-11-20)22(14-34)32-26(37)23-12-21(36)13-33(23)27(38)25(28(3,4)5)30-15-29(6,7)18(2)35/h8-11,16,21-23,25,30,34,36H,12-15H2,1-7H3,(H,32,37)/t21-,22?,23+,25-/m1/s1. The molecule has 1 unspecified atom stereocenters. The number of benzene rings is 1. The van der Waals surface area contributed by atoms with Gasteiger partial charge in [0.15, 0.2) is 0 Å². The molecule has 1 saturated heterocycles. The minimum Gasteiger partial charge on any atom is -0.394 e. The van der Waals surface area contributed by atoms with Crippen LogP contribution in [0.4, 0.5) is 0 Å². The van der Waals surface area contributed by atoms with Crippen molar-refractivity contribution in [1.29, 1.82) is 0 Å². The first-order valence-corrected chi connectivity index (χ1v) is 14.2. The van der Waals surface area contributed by atoms with Gasteiger partial charge < -0.3 is 25.7 Å². The molecule has 0 bridgehead atoms. The van der Waals surface area contributed by atoms with Crippen LogP contribution < -0.4 is 10.6 Å². The summed E-state index contributed by atoms with van der Waals surface area (Å²) in [5.41, 5.74) is 3.30. The predicted octanol–water partition coefficient (Wildman–Crippen LogP) is 2.85. The number of rotatable bonds is 10. The van der Waals surface area contributed by atoms with Gasteiger partial charge in [-0.2, -0.15) is 0 Å². The number of aromatic nitrogens is 1. The second kappa shape index (κ2) is 12.2. The molecule has 0 spiro atoms. The van der Waals surface area contributed by atoms with Gasteiger partial charge in [-0.05, 0) is 30.4 Å². The molecule has 9 nitrogen and oxygen atoms in total. The van der Waals surface area contributed by atoms with E-state index < -0.39 is 41.0 Å². The van der Waals surface area contributed by atoms with E-state index in [0.29, 0.717) is 6.54 Å². The van der Waals surface area contributed by atoms with Crippen molar-refractivity contribution in [3.63, 3.8) is 0 Å². The highest BCUT2D eigenvalue weighted by Gasteiger charge is 2.44. The van der Waals surface area contributed by atoms with Crippen molar-refractivity contribution in [3.05, 3.63) is 41.0 Å². The lowest BCUT2D eigenvalue weighted by Gasteiger charge is -2.37. The summed E-state index contributed by atoms with van der Waals surface area (Å²) in [7, 11) is 0. The van der Waals surface area contributed by atoms with Crippen LogP contribution in [-0.2, 0) is 14.4 Å². The fourth-order valence-corrected chi connectivity index (χ4v) is 5.48. The Bertz CT molecular complexity index is 1170. The quantitative estimate of drug-likeness (QED) is 0.353. The molecule has 0 saturated carbocycles. The Labute approximate surface area is 235 Å². The number of likely N-dealkylation sites (tertiary alicyclic amines) is 1. The molecule has 214 valence electrons. The molecule has 2 heterocycles. The lowest BCUT2D eigenvalue weighted by Crippen LogP contribution is -2.58. The number of carbonyl (C=O) groups excluding carboxylic acids is 3. The van der Waals surface area contributed by atoms with E-state index >= 15 is 0 Å². The van der Waals surface area contributed by atoms with Crippen LogP contribution >= 0.6 is 11.3 Å². The van der Waals surface area contributed by atoms with Gasteiger partial charge in [0.2, 0.25) is 11.8 Å². The molecule has 4 atom stereocenters. The molecule has 0 radical (unpaired) electrons. The number of hydrogen-bond acceptors (Lipinski definition) is 8. The number of β-amino-alcohol motifs (C(OH)–C–C–N with tert-alkyl or cyclic N) is 1. The number of nitrogens with one attached hydrogen (secondary N) is 2. The highest BCUT2D eigenvalue weighted by Crippen LogP contribution is 2.30. The monoisotopic (exact) mass is 558 g/mol. The number of aliphatic hydroxyl groups excluding tert-OH is 2. The van der Waals surface area contributed by atoms with Gasteiger partial charge in [-0.3, -0.25) is 14.4 Å². The van der Waals surface area contributed by atoms with E-state index in [1.54, 1.807) is 16.8 Å². The Kier molecular flexibility index (Phi) is 9.69. The van der Waals surface area contributed by atoms with Gasteiger partial charge in [0.1, 0.15) is 11.8 Å². The summed E-state index contributed by atoms with van der Waals surface area (Å²) < 4.78 is 0. The van der Waals surface area contributed by atoms with Crippen molar-refractivity contribution in [1.82, 2.24) is 20.5 Å². The lowest BCUT2D eigenvalue weighted by molar-refractivity contribution is -0.143. The first-order valence-electron chi connectivity index (χ1n) is 13.3. The zero-order valence-electron chi connectivity index (χ0n) is 23.9. The topological polar surface area (TPSA) is 132 Å². The van der Waals surface area contributed by atoms with Crippen LogP contribution in [0.15, 0.2) is 29.8 Å². The number of Topliss-reactive ketones (excluding diaryl/α,β-unsaturated/α-hetero) is 1. The van der Waals surface area contributed by atoms with Crippen molar-refractivity contribution in [3.8, 4) is 10.4 Å². The predicted molar refractivity (Wildman–Crippen MR) is 152 cm³/mol. The number of amides is 2. The van der Waals surface area contributed by atoms with Crippen LogP contribution in [0.3, 0.4) is 0 Å². The molecular formula is C29H42N4O5S. The Hall–Kier alpha value is -2.66. The van der Waals surface area contributed by atoms with E-state index in [2.05, 4.69) is 15.6 Å². The van der Waals surface area contributed by atoms with E-state index in [0.717, 1.165) is 21.7 Å². The van der Waals surface area contributed by atoms with Gasteiger partial charge in [0, 0.05) is 24.9 Å². The lowest BCUT2D eigenvalue weighted by atomic mass is 9.83. The second-order valence-electron chi connectivity index (χ2n) is 12.1. The Morgan fingerprint density at radius 2 is 1.79 bits per heavy atom. The van der Waals surface area contributed by atoms with Gasteiger partial charge in [-0.15, -0.1) is 11.3 Å². The first-order chi connectivity index (χ1) is 18.2. The summed E-state index contributed by atoms with van der Waals surface area (Å²) >= 11 is 1.55. The maximum Gasteiger partial charge on any atom is 0.243 e. The van der Waals surface area contributed by atoms with Crippen LogP contribution in [-0.4, -0.2) is 75.6 Å². The van der Waals surface area contributed by atoms with E-state index in [4.69, 9.17) is 0 Å². The molecule has 1 fully saturated rings. The number of ketones is 1. The third-order valence-corrected chi connectivity index (χ3v) is 8.48. The average Bonchev–Trinajstić information content (AvgIpc) is 3.47. The minimum atomic E-state index is -0.881. The molecule has 0 aliphatic carbocycles. The van der Waals surface area contributed by atoms with E-state index in [1.807, 2.05) is 65.8 Å². The number of aryl methyl sites for hydroxylation is 1. The smallest absolute Gasteiger partial charge is 0.243 e. The second-order valence-corrected chi connectivity index (χ2v) is 13.0. The third kappa shape index (κ3) is 7.30. The van der Waals surface area contributed by atoms with Gasteiger partial charge >= 0.3 is 0 Å². The van der Waals surface area contributed by atoms with Crippen molar-refractivity contribution >= 4 is 28.9 Å². The van der Waals surface area contributed by atoms with Crippen LogP contribution in [0.5, 0.6) is 0 Å². The molecule has 3 rings (SSSR count). The van der Waals surface area contributed by atoms with Crippen LogP contribution in [0.25, 0.3) is 10.4 Å². The summed E-state index contributed by atoms with van der Waals surface area (Å²) in [4.78, 5) is 46.0. The number of carbonyl (C=O) groups is 3. The molecule has 1 aromatic carbocycles. The molecule has 10 heteroatoms. The average molecular weight is 559 g/mol. The summed E-state index contributed by atoms with van der Waals surface area (Å²) in [5.74, 6) is -0.726. The number of thiazole rings is 1. The molecule has 2 aromatic rings. The fourth-order valence-electron chi connectivity index (χ4n) is 4.67. The molecular weight excluding hydrogens is 516 g/mol. The summed E-state index contributed by atoms with van der Waals surface area (Å²) in [6, 6.07) is 5.36. The van der Waals surface area contributed by atoms with Gasteiger partial charge in [-0.1, -0.05) is 58.9 Å². The van der Waals surface area contributed by atoms with Gasteiger partial charge in [-0.25, -0.2) is 4.98 Å². The van der Waals surface area contributed by atoms with Gasteiger partial charge in [0.05, 0.1) is 40.9 Å². The first kappa shape index (κ1) is 30.9. The SMILES string of the molecule is CC(=O)C(C)(C)CN[C@H](C(=O)N1C[C@H](O)C[C@H]1C(=O)NC(CO)c1ccc(-c2scnc2C)cc1)C(C)(C)C. The maximum absolute atomic E-state index is 13.8. The highest BCUT2D eigenvalue weighted by molar-refractivity contribution is 7.13. The normalized spacial score (nSPS) is 19.6. The van der Waals surface area contributed by atoms with Crippen LogP contribution in [0, 0.1) is 17.8 Å². The van der Waals surface area contributed by atoms with Crippen molar-refractivity contribution in [2.24, 2.45) is 10.8 Å². The minimum absolute atomic E-state index is 0.00854. The Morgan fingerprint density at radius 1 is 1.15 bits per heavy atom. The van der Waals surface area contributed by atoms with Crippen LogP contribution in [0.1, 0.15) is 65.3 Å². The van der Waals surface area contributed by atoms with Crippen molar-refractivity contribution < 1.29 is 24.6 Å². The fraction of sp³-hybridized carbons (Fsp3) is 0.586. The van der Waals surface area contributed by atoms with Crippen molar-refractivity contribution in [2.75, 3.05) is 19.7 Å². The summed E-state index contributed by atoms with van der Waals surface area (Å²) in [6.07, 6.45) is -0.733. The zero-order valence-corrected chi connectivity index (χ0v) is 24.8. The van der Waals surface area contributed by atoms with E-state index in [1.165, 1.54) is 11.8 Å². The highest BCUT2D eigenvalue weighted by atomic mass is 32.1. The van der Waals surface area contributed by atoms with Gasteiger partial charge in [0.25, 0.3) is 0 Å². The third-order valence-electron chi connectivity index (χ3n) is 7.50. The molecule has 2 amide bonds. The number of aliphatic hydroxyl groups is 2. The van der Waals surface area contributed by atoms with E-state index in [-0.39, 0.29) is 31.3 Å². The largest absolute Gasteiger partial charge is 0.394 e. The summed E-state index contributed by atoms with van der Waals surface area (Å²) in [6.45, 7) is 12.9. The maximum atomic E-state index is 13.8. The van der Waals surface area contributed by atoms with E-state index in [9.17, 15) is 24.6 Å². The Morgan fingerprint density at radius 3 is 2.31 bits per heavy atom. The van der Waals surface area contributed by atoms with Crippen LogP contribution in [0.2, 0.25) is 0 Å². The molecule has 39 heavy (non-hydrogen) atoms. The zero-order chi connectivity index (χ0) is 29.1. The Balaban J connectivity index is 1.76. The molecule has 1 aliphatic rings. The molecule has 1 aliphatic heterocycles. The molecule has 4 N–H and O–H groups in total. The van der Waals surface area contributed by atoms with Crippen molar-refractivity contribution in [2.45, 2.75) is 79.1 Å². The number of hydrogen-bond donors (Lipinski definition) is 4. The number of nitrogens with zero attached hydrogens (tertiary/aromatic N) is 2. The molecule has 1 aromatic heterocycles. The summed E-state index contributed by atoms with van der Waals surface area (Å²) in [5, 5.41) is 26.7.